The summed E-state index contributed by atoms with van der Waals surface area (Å²) in [6, 6.07) is 0. The molecule has 0 aromatic heterocycles. The zero-order valence-electron chi connectivity index (χ0n) is 7.66. The minimum Gasteiger partial charge on any atom is -0.748 e. The summed E-state index contributed by atoms with van der Waals surface area (Å²) in [5.41, 5.74) is 0. The van der Waals surface area contributed by atoms with Gasteiger partial charge in [-0.2, -0.15) is 0 Å². The maximum absolute atomic E-state index is 10.1. The van der Waals surface area contributed by atoms with Gasteiger partial charge in [-0.1, -0.05) is 15.9 Å². The van der Waals surface area contributed by atoms with E-state index in [1.807, 2.05) is 0 Å². The van der Waals surface area contributed by atoms with Gasteiger partial charge in [0.05, 0.1) is 22.5 Å². The summed E-state index contributed by atoms with van der Waals surface area (Å²) >= 11 is 3.25. The SMILES string of the molecule is O=S(=O)([O-])CCOCCCCBr.[Na+]. The number of unbranched alkanes of at least 4 members (excludes halogenated alkanes) is 1. The van der Waals surface area contributed by atoms with Gasteiger partial charge < -0.3 is 9.29 Å². The molecule has 0 atom stereocenters. The predicted octanol–water partition coefficient (Wildman–Crippen LogP) is -2.27. The Balaban J connectivity index is 0. The molecule has 0 spiro atoms. The van der Waals surface area contributed by atoms with Crippen LogP contribution in [0.1, 0.15) is 12.8 Å². The third-order valence-electron chi connectivity index (χ3n) is 1.15. The fourth-order valence-electron chi connectivity index (χ4n) is 0.562. The van der Waals surface area contributed by atoms with Crippen LogP contribution in [-0.4, -0.2) is 37.3 Å². The Morgan fingerprint density at radius 2 is 1.85 bits per heavy atom. The van der Waals surface area contributed by atoms with E-state index in [0.717, 1.165) is 18.2 Å². The van der Waals surface area contributed by atoms with Crippen LogP contribution in [0.3, 0.4) is 0 Å². The smallest absolute Gasteiger partial charge is 0.748 e. The molecule has 0 bridgehead atoms. The van der Waals surface area contributed by atoms with Gasteiger partial charge in [0.15, 0.2) is 0 Å². The third kappa shape index (κ3) is 16.1. The van der Waals surface area contributed by atoms with Gasteiger partial charge in [-0.25, -0.2) is 8.42 Å². The molecular formula is C6H12BrNaO4S. The van der Waals surface area contributed by atoms with E-state index in [4.69, 9.17) is 4.74 Å². The van der Waals surface area contributed by atoms with E-state index >= 15 is 0 Å². The average molecular weight is 283 g/mol. The van der Waals surface area contributed by atoms with E-state index in [0.29, 0.717) is 6.61 Å². The predicted molar refractivity (Wildman–Crippen MR) is 48.4 cm³/mol. The van der Waals surface area contributed by atoms with Gasteiger partial charge in [0.2, 0.25) is 0 Å². The summed E-state index contributed by atoms with van der Waals surface area (Å²) in [5, 5.41) is 0.913. The second-order valence-corrected chi connectivity index (χ2v) is 4.59. The number of ether oxygens (including phenoxy) is 1. The van der Waals surface area contributed by atoms with Gasteiger partial charge in [-0.15, -0.1) is 0 Å². The number of rotatable bonds is 7. The van der Waals surface area contributed by atoms with Crippen molar-refractivity contribution in [2.45, 2.75) is 12.8 Å². The van der Waals surface area contributed by atoms with E-state index < -0.39 is 15.9 Å². The summed E-state index contributed by atoms with van der Waals surface area (Å²) in [4.78, 5) is 0. The molecule has 0 heterocycles. The minimum atomic E-state index is -4.10. The van der Waals surface area contributed by atoms with Crippen molar-refractivity contribution in [3.63, 3.8) is 0 Å². The van der Waals surface area contributed by atoms with Crippen LogP contribution < -0.4 is 29.6 Å². The first-order chi connectivity index (χ1) is 5.56. The first kappa shape index (κ1) is 16.8. The van der Waals surface area contributed by atoms with Crippen LogP contribution >= 0.6 is 15.9 Å². The Kier molecular flexibility index (Phi) is 12.8. The standard InChI is InChI=1S/C6H13BrO4S.Na/c7-3-1-2-4-11-5-6-12(8,9)10;/h1-6H2,(H,8,9,10);/q;+1/p-1. The Morgan fingerprint density at radius 3 is 2.31 bits per heavy atom. The third-order valence-corrected chi connectivity index (χ3v) is 2.38. The van der Waals surface area contributed by atoms with E-state index in [2.05, 4.69) is 15.9 Å². The van der Waals surface area contributed by atoms with Gasteiger partial charge in [0.1, 0.15) is 0 Å². The molecule has 0 rings (SSSR count). The number of alkyl halides is 1. The molecule has 0 aliphatic carbocycles. The minimum absolute atomic E-state index is 0. The number of hydrogen-bond donors (Lipinski definition) is 0. The van der Waals surface area contributed by atoms with Crippen molar-refractivity contribution < 1.29 is 47.3 Å². The Hall–Kier alpha value is 1.35. The van der Waals surface area contributed by atoms with Crippen LogP contribution in [0.15, 0.2) is 0 Å². The fraction of sp³-hybridized carbons (Fsp3) is 1.00. The first-order valence-electron chi connectivity index (χ1n) is 3.63. The summed E-state index contributed by atoms with van der Waals surface area (Å²) in [7, 11) is -4.10. The summed E-state index contributed by atoms with van der Waals surface area (Å²) in [6.07, 6.45) is 1.87. The number of halogens is 1. The maximum atomic E-state index is 10.1. The zero-order valence-corrected chi connectivity index (χ0v) is 12.1. The van der Waals surface area contributed by atoms with Gasteiger partial charge in [-0.3, -0.25) is 0 Å². The monoisotopic (exact) mass is 282 g/mol. The van der Waals surface area contributed by atoms with Crippen molar-refractivity contribution in [2.75, 3.05) is 24.3 Å². The number of hydrogen-bond acceptors (Lipinski definition) is 4. The Morgan fingerprint density at radius 1 is 1.23 bits per heavy atom. The summed E-state index contributed by atoms with van der Waals surface area (Å²) in [5.74, 6) is -0.429. The molecule has 4 nitrogen and oxygen atoms in total. The first-order valence-corrected chi connectivity index (χ1v) is 6.33. The van der Waals surface area contributed by atoms with Crippen molar-refractivity contribution in [3.8, 4) is 0 Å². The van der Waals surface area contributed by atoms with Gasteiger partial charge in [0.25, 0.3) is 0 Å². The van der Waals surface area contributed by atoms with E-state index in [1.54, 1.807) is 0 Å². The van der Waals surface area contributed by atoms with Gasteiger partial charge in [0, 0.05) is 11.9 Å². The molecular weight excluding hydrogens is 271 g/mol. The molecule has 13 heavy (non-hydrogen) atoms. The largest absolute Gasteiger partial charge is 1.00 e. The van der Waals surface area contributed by atoms with E-state index in [1.165, 1.54) is 0 Å². The van der Waals surface area contributed by atoms with Crippen LogP contribution in [-0.2, 0) is 14.9 Å². The molecule has 0 saturated carbocycles. The van der Waals surface area contributed by atoms with Crippen LogP contribution in [0, 0.1) is 0 Å². The summed E-state index contributed by atoms with van der Waals surface area (Å²) in [6.45, 7) is 0.523. The van der Waals surface area contributed by atoms with E-state index in [-0.39, 0.29) is 36.2 Å². The van der Waals surface area contributed by atoms with Crippen LogP contribution in [0.4, 0.5) is 0 Å². The van der Waals surface area contributed by atoms with Gasteiger partial charge in [-0.05, 0) is 12.8 Å². The molecule has 0 aromatic carbocycles. The second kappa shape index (κ2) is 9.89. The zero-order chi connectivity index (χ0) is 9.45. The molecule has 0 unspecified atom stereocenters. The molecule has 0 N–H and O–H groups in total. The Bertz CT molecular complexity index is 195. The van der Waals surface area contributed by atoms with Crippen molar-refractivity contribution in [1.29, 1.82) is 0 Å². The summed E-state index contributed by atoms with van der Waals surface area (Å²) < 4.78 is 35.1. The maximum Gasteiger partial charge on any atom is 1.00 e. The molecule has 74 valence electrons. The van der Waals surface area contributed by atoms with Gasteiger partial charge >= 0.3 is 29.6 Å². The quantitative estimate of drug-likeness (QED) is 0.229. The molecule has 0 saturated heterocycles. The topological polar surface area (TPSA) is 66.4 Å². The Labute approximate surface area is 110 Å². The van der Waals surface area contributed by atoms with Crippen molar-refractivity contribution in [1.82, 2.24) is 0 Å². The molecule has 0 radical (unpaired) electrons. The van der Waals surface area contributed by atoms with Crippen molar-refractivity contribution in [3.05, 3.63) is 0 Å². The molecule has 7 heteroatoms. The normalized spacial score (nSPS) is 10.9. The van der Waals surface area contributed by atoms with Crippen LogP contribution in [0.5, 0.6) is 0 Å². The average Bonchev–Trinajstić information content (AvgIpc) is 1.94. The van der Waals surface area contributed by atoms with Crippen molar-refractivity contribution >= 4 is 26.0 Å². The molecule has 0 aliphatic rings. The molecule has 0 aromatic rings. The molecule has 0 amide bonds. The molecule has 0 aliphatic heterocycles. The van der Waals surface area contributed by atoms with Crippen LogP contribution in [0.25, 0.3) is 0 Å². The van der Waals surface area contributed by atoms with E-state index in [9.17, 15) is 13.0 Å². The van der Waals surface area contributed by atoms with Crippen molar-refractivity contribution in [2.24, 2.45) is 0 Å². The second-order valence-electron chi connectivity index (χ2n) is 2.27. The molecule has 0 fully saturated rings. The fourth-order valence-corrected chi connectivity index (χ4v) is 1.28. The van der Waals surface area contributed by atoms with Crippen LogP contribution in [0.2, 0.25) is 0 Å².